The van der Waals surface area contributed by atoms with E-state index < -0.39 is 18.0 Å². The van der Waals surface area contributed by atoms with E-state index in [1.54, 1.807) is 42.2 Å². The van der Waals surface area contributed by atoms with Gasteiger partial charge in [-0.05, 0) is 5.56 Å². The first-order valence-electron chi connectivity index (χ1n) is 6.37. The molecule has 0 aliphatic carbocycles. The smallest absolute Gasteiger partial charge is 0.319 e. The fourth-order valence-corrected chi connectivity index (χ4v) is 1.92. The molecule has 1 aromatic heterocycles. The van der Waals surface area contributed by atoms with Crippen LogP contribution in [0.5, 0.6) is 0 Å². The number of aryl methyl sites for hydroxylation is 1. The Bertz CT molecular complexity index is 624. The van der Waals surface area contributed by atoms with Crippen LogP contribution >= 0.6 is 0 Å². The van der Waals surface area contributed by atoms with Crippen molar-refractivity contribution in [3.63, 3.8) is 0 Å². The van der Waals surface area contributed by atoms with Gasteiger partial charge in [-0.25, -0.2) is 4.79 Å². The first kappa shape index (κ1) is 14.6. The van der Waals surface area contributed by atoms with Crippen LogP contribution in [0.25, 0.3) is 0 Å². The number of aliphatic carboxylic acids is 1. The van der Waals surface area contributed by atoms with Gasteiger partial charge in [-0.3, -0.25) is 9.48 Å². The number of benzene rings is 1. The molecule has 1 atom stereocenters. The van der Waals surface area contributed by atoms with E-state index in [1.165, 1.54) is 6.20 Å². The molecule has 0 bridgehead atoms. The molecule has 0 aliphatic heterocycles. The lowest BCUT2D eigenvalue weighted by atomic mass is 10.0. The summed E-state index contributed by atoms with van der Waals surface area (Å²) >= 11 is 0. The maximum Gasteiger partial charge on any atom is 0.319 e. The molecule has 110 valence electrons. The second-order valence-corrected chi connectivity index (χ2v) is 4.56. The predicted molar refractivity (Wildman–Crippen MR) is 76.8 cm³/mol. The molecule has 2 rings (SSSR count). The van der Waals surface area contributed by atoms with E-state index >= 15 is 0 Å². The maximum absolute atomic E-state index is 11.9. The van der Waals surface area contributed by atoms with Gasteiger partial charge >= 0.3 is 12.0 Å². The lowest BCUT2D eigenvalue weighted by Gasteiger charge is -2.17. The molecule has 2 amide bonds. The van der Waals surface area contributed by atoms with Crippen LogP contribution in [-0.4, -0.2) is 26.9 Å². The average Bonchev–Trinajstić information content (AvgIpc) is 2.83. The Balaban J connectivity index is 2.04. The highest BCUT2D eigenvalue weighted by atomic mass is 16.4. The summed E-state index contributed by atoms with van der Waals surface area (Å²) in [4.78, 5) is 22.9. The van der Waals surface area contributed by atoms with Gasteiger partial charge in [0.2, 0.25) is 0 Å². The van der Waals surface area contributed by atoms with E-state index in [9.17, 15) is 9.59 Å². The monoisotopic (exact) mass is 288 g/mol. The number of carbonyl (C=O) groups excluding carboxylic acids is 1. The van der Waals surface area contributed by atoms with Gasteiger partial charge in [-0.15, -0.1) is 0 Å². The van der Waals surface area contributed by atoms with E-state index in [1.807, 2.05) is 6.07 Å². The Kier molecular flexibility index (Phi) is 4.55. The maximum atomic E-state index is 11.9. The van der Waals surface area contributed by atoms with Gasteiger partial charge in [-0.2, -0.15) is 5.10 Å². The number of carbonyl (C=O) groups is 2. The Morgan fingerprint density at radius 3 is 2.62 bits per heavy atom. The molecule has 0 spiro atoms. The van der Waals surface area contributed by atoms with Crippen LogP contribution in [0, 0.1) is 0 Å². The molecule has 0 fully saturated rings. The fourth-order valence-electron chi connectivity index (χ4n) is 1.92. The number of rotatable bonds is 5. The van der Waals surface area contributed by atoms with Crippen LogP contribution in [-0.2, 0) is 11.8 Å². The summed E-state index contributed by atoms with van der Waals surface area (Å²) in [5, 5.41) is 18.2. The van der Waals surface area contributed by atoms with Crippen molar-refractivity contribution in [3.8, 4) is 0 Å². The third kappa shape index (κ3) is 4.34. The van der Waals surface area contributed by atoms with Gasteiger partial charge in [-0.1, -0.05) is 30.3 Å². The molecular formula is C14H16N4O3. The Labute approximate surface area is 121 Å². The summed E-state index contributed by atoms with van der Waals surface area (Å²) in [6.07, 6.45) is 2.97. The molecule has 0 aliphatic rings. The molecule has 0 saturated heterocycles. The molecule has 1 heterocycles. The Hall–Kier alpha value is -2.83. The summed E-state index contributed by atoms with van der Waals surface area (Å²) in [5.74, 6) is -0.981. The molecule has 1 unspecified atom stereocenters. The highest BCUT2D eigenvalue weighted by molar-refractivity contribution is 5.89. The largest absolute Gasteiger partial charge is 0.481 e. The molecule has 3 N–H and O–H groups in total. The van der Waals surface area contributed by atoms with Crippen molar-refractivity contribution in [2.24, 2.45) is 7.05 Å². The highest BCUT2D eigenvalue weighted by Crippen LogP contribution is 2.16. The van der Waals surface area contributed by atoms with Crippen LogP contribution in [0.15, 0.2) is 42.7 Å². The van der Waals surface area contributed by atoms with Crippen LogP contribution in [0.1, 0.15) is 18.0 Å². The summed E-state index contributed by atoms with van der Waals surface area (Å²) in [6, 6.07) is 7.90. The van der Waals surface area contributed by atoms with Crippen molar-refractivity contribution < 1.29 is 14.7 Å². The number of amides is 2. The van der Waals surface area contributed by atoms with E-state index in [-0.39, 0.29) is 6.42 Å². The zero-order valence-corrected chi connectivity index (χ0v) is 11.5. The SMILES string of the molecule is Cn1cc(NC(=O)NC(CC(=O)O)c2ccccc2)cn1. The fraction of sp³-hybridized carbons (Fsp3) is 0.214. The minimum Gasteiger partial charge on any atom is -0.481 e. The first-order chi connectivity index (χ1) is 10.0. The molecule has 2 aromatic rings. The molecule has 0 saturated carbocycles. The van der Waals surface area contributed by atoms with E-state index in [2.05, 4.69) is 15.7 Å². The molecule has 7 heteroatoms. The zero-order chi connectivity index (χ0) is 15.2. The summed E-state index contributed by atoms with van der Waals surface area (Å²) < 4.78 is 1.56. The van der Waals surface area contributed by atoms with Crippen molar-refractivity contribution in [3.05, 3.63) is 48.3 Å². The van der Waals surface area contributed by atoms with Crippen molar-refractivity contribution >= 4 is 17.7 Å². The Morgan fingerprint density at radius 1 is 1.33 bits per heavy atom. The minimum absolute atomic E-state index is 0.190. The third-order valence-corrected chi connectivity index (χ3v) is 2.85. The van der Waals surface area contributed by atoms with Gasteiger partial charge in [0.1, 0.15) is 0 Å². The number of urea groups is 1. The summed E-state index contributed by atoms with van der Waals surface area (Å²) in [7, 11) is 1.74. The number of aromatic nitrogens is 2. The second-order valence-electron chi connectivity index (χ2n) is 4.56. The average molecular weight is 288 g/mol. The quantitative estimate of drug-likeness (QED) is 0.781. The van der Waals surface area contributed by atoms with Crippen molar-refractivity contribution in [2.45, 2.75) is 12.5 Å². The third-order valence-electron chi connectivity index (χ3n) is 2.85. The van der Waals surface area contributed by atoms with E-state index in [4.69, 9.17) is 5.11 Å². The number of nitrogens with zero attached hydrogens (tertiary/aromatic N) is 2. The topological polar surface area (TPSA) is 96.2 Å². The lowest BCUT2D eigenvalue weighted by molar-refractivity contribution is -0.137. The molecule has 21 heavy (non-hydrogen) atoms. The van der Waals surface area contributed by atoms with Crippen molar-refractivity contribution in [2.75, 3.05) is 5.32 Å². The Morgan fingerprint density at radius 2 is 2.05 bits per heavy atom. The van der Waals surface area contributed by atoms with E-state index in [0.29, 0.717) is 5.69 Å². The molecule has 1 aromatic carbocycles. The normalized spacial score (nSPS) is 11.7. The minimum atomic E-state index is -0.981. The lowest BCUT2D eigenvalue weighted by Crippen LogP contribution is -2.33. The zero-order valence-electron chi connectivity index (χ0n) is 11.5. The molecular weight excluding hydrogens is 272 g/mol. The van der Waals surface area contributed by atoms with Crippen molar-refractivity contribution in [1.29, 1.82) is 0 Å². The van der Waals surface area contributed by atoms with Crippen molar-refractivity contribution in [1.82, 2.24) is 15.1 Å². The first-order valence-corrected chi connectivity index (χ1v) is 6.37. The van der Waals surface area contributed by atoms with Gasteiger partial charge < -0.3 is 15.7 Å². The van der Waals surface area contributed by atoms with Crippen LogP contribution in [0.3, 0.4) is 0 Å². The molecule has 0 radical (unpaired) electrons. The number of anilines is 1. The van der Waals surface area contributed by atoms with E-state index in [0.717, 1.165) is 5.56 Å². The number of hydrogen-bond donors (Lipinski definition) is 3. The van der Waals surface area contributed by atoms with Crippen LogP contribution in [0.4, 0.5) is 10.5 Å². The van der Waals surface area contributed by atoms with Gasteiger partial charge in [0.25, 0.3) is 0 Å². The highest BCUT2D eigenvalue weighted by Gasteiger charge is 2.18. The van der Waals surface area contributed by atoms with Gasteiger partial charge in [0, 0.05) is 13.2 Å². The second kappa shape index (κ2) is 6.56. The standard InChI is InChI=1S/C14H16N4O3/c1-18-9-11(8-15-18)16-14(21)17-12(7-13(19)20)10-5-3-2-4-6-10/h2-6,8-9,12H,7H2,1H3,(H,19,20)(H2,16,17,21). The van der Waals surface area contributed by atoms with Crippen LogP contribution in [0.2, 0.25) is 0 Å². The predicted octanol–water partition coefficient (Wildman–Crippen LogP) is 1.76. The number of hydrogen-bond acceptors (Lipinski definition) is 3. The van der Waals surface area contributed by atoms with Gasteiger partial charge in [0.15, 0.2) is 0 Å². The van der Waals surface area contributed by atoms with Crippen LogP contribution < -0.4 is 10.6 Å². The number of carboxylic acids is 1. The number of nitrogens with one attached hydrogen (secondary N) is 2. The number of carboxylic acid groups (broad SMARTS) is 1. The molecule has 7 nitrogen and oxygen atoms in total. The summed E-state index contributed by atoms with van der Waals surface area (Å²) in [6.45, 7) is 0. The summed E-state index contributed by atoms with van der Waals surface area (Å²) in [5.41, 5.74) is 1.28. The van der Waals surface area contributed by atoms with Gasteiger partial charge in [0.05, 0.1) is 24.3 Å².